The zero-order valence-electron chi connectivity index (χ0n) is 20.0. The molecule has 2 aromatic carbocycles. The Bertz CT molecular complexity index is 1150. The molecule has 0 aliphatic carbocycles. The van der Waals surface area contributed by atoms with E-state index in [0.29, 0.717) is 18.8 Å². The highest BCUT2D eigenvalue weighted by molar-refractivity contribution is 5.77. The zero-order valence-corrected chi connectivity index (χ0v) is 20.0. The second kappa shape index (κ2) is 10.7. The molecule has 0 spiro atoms. The van der Waals surface area contributed by atoms with Gasteiger partial charge in [-0.25, -0.2) is 9.97 Å². The van der Waals surface area contributed by atoms with Crippen LogP contribution in [-0.2, 0) is 4.79 Å². The molecule has 1 unspecified atom stereocenters. The third-order valence-electron chi connectivity index (χ3n) is 6.35. The second-order valence-corrected chi connectivity index (χ2v) is 8.85. The molecule has 3 heterocycles. The minimum atomic E-state index is -0.169. The first kappa shape index (κ1) is 23.1. The SMILES string of the molecule is Cc1ncc2c(n1)N(CCC(=O)N1CCNCC1)CCC2Oc1cccc(Oc2ccccc2)c1. The molecule has 0 radical (unpaired) electrons. The van der Waals surface area contributed by atoms with Gasteiger partial charge in [0.15, 0.2) is 0 Å². The standard InChI is InChI=1S/C27H31N5O3/c1-20-29-19-24-25(35-23-9-5-8-22(18-23)34-21-6-3-2-4-7-21)10-14-32(27(24)30-20)15-11-26(33)31-16-12-28-13-17-31/h2-9,18-19,25,28H,10-17H2,1H3. The molecule has 2 aliphatic heterocycles. The molecule has 1 amide bonds. The third kappa shape index (κ3) is 5.71. The summed E-state index contributed by atoms with van der Waals surface area (Å²) in [5.41, 5.74) is 0.950. The molecule has 2 aliphatic rings. The smallest absolute Gasteiger partial charge is 0.224 e. The van der Waals surface area contributed by atoms with Crippen molar-refractivity contribution in [2.45, 2.75) is 25.9 Å². The predicted molar refractivity (Wildman–Crippen MR) is 134 cm³/mol. The number of para-hydroxylation sites is 1. The van der Waals surface area contributed by atoms with Gasteiger partial charge in [0, 0.05) is 64.4 Å². The molecule has 5 rings (SSSR count). The lowest BCUT2D eigenvalue weighted by Crippen LogP contribution is -2.47. The second-order valence-electron chi connectivity index (χ2n) is 8.85. The minimum absolute atomic E-state index is 0.169. The monoisotopic (exact) mass is 473 g/mol. The molecule has 8 nitrogen and oxygen atoms in total. The molecule has 8 heteroatoms. The maximum Gasteiger partial charge on any atom is 0.224 e. The fraction of sp³-hybridized carbons (Fsp3) is 0.370. The van der Waals surface area contributed by atoms with Crippen molar-refractivity contribution in [2.75, 3.05) is 44.2 Å². The van der Waals surface area contributed by atoms with E-state index in [0.717, 1.165) is 67.8 Å². The van der Waals surface area contributed by atoms with Gasteiger partial charge in [-0.15, -0.1) is 0 Å². The number of amides is 1. The first-order chi connectivity index (χ1) is 17.2. The Kier molecular flexibility index (Phi) is 7.09. The Morgan fingerprint density at radius 3 is 2.63 bits per heavy atom. The highest BCUT2D eigenvalue weighted by Gasteiger charge is 2.29. The van der Waals surface area contributed by atoms with Crippen molar-refractivity contribution < 1.29 is 14.3 Å². The number of hydrogen-bond donors (Lipinski definition) is 1. The predicted octanol–water partition coefficient (Wildman–Crippen LogP) is 3.73. The van der Waals surface area contributed by atoms with Crippen molar-refractivity contribution in [2.24, 2.45) is 0 Å². The van der Waals surface area contributed by atoms with Crippen LogP contribution in [0.4, 0.5) is 5.82 Å². The number of hydrogen-bond acceptors (Lipinski definition) is 7. The molecular weight excluding hydrogens is 442 g/mol. The summed E-state index contributed by atoms with van der Waals surface area (Å²) in [7, 11) is 0. The van der Waals surface area contributed by atoms with E-state index in [1.54, 1.807) is 0 Å². The quantitative estimate of drug-likeness (QED) is 0.560. The van der Waals surface area contributed by atoms with E-state index < -0.39 is 0 Å². The Hall–Kier alpha value is -3.65. The maximum atomic E-state index is 12.7. The molecular formula is C27H31N5O3. The maximum absolute atomic E-state index is 12.7. The highest BCUT2D eigenvalue weighted by atomic mass is 16.5. The summed E-state index contributed by atoms with van der Waals surface area (Å²) in [6.07, 6.45) is 2.95. The number of rotatable bonds is 7. The summed E-state index contributed by atoms with van der Waals surface area (Å²) < 4.78 is 12.4. The number of benzene rings is 2. The summed E-state index contributed by atoms with van der Waals surface area (Å²) in [6.45, 7) is 6.57. The van der Waals surface area contributed by atoms with E-state index >= 15 is 0 Å². The van der Waals surface area contributed by atoms with Gasteiger partial charge >= 0.3 is 0 Å². The fourth-order valence-corrected chi connectivity index (χ4v) is 4.53. The van der Waals surface area contributed by atoms with Crippen LogP contribution in [0.3, 0.4) is 0 Å². The topological polar surface area (TPSA) is 79.8 Å². The van der Waals surface area contributed by atoms with Crippen molar-refractivity contribution in [3.05, 3.63) is 72.2 Å². The van der Waals surface area contributed by atoms with E-state index in [1.165, 1.54) is 0 Å². The Balaban J connectivity index is 1.27. The average Bonchev–Trinajstić information content (AvgIpc) is 2.89. The molecule has 0 saturated carbocycles. The van der Waals surface area contributed by atoms with Crippen LogP contribution in [-0.4, -0.2) is 60.0 Å². The number of nitrogens with one attached hydrogen (secondary N) is 1. The summed E-state index contributed by atoms with van der Waals surface area (Å²) in [5, 5.41) is 3.29. The number of anilines is 1. The Morgan fingerprint density at radius 1 is 1.03 bits per heavy atom. The molecule has 182 valence electrons. The number of aromatic nitrogens is 2. The van der Waals surface area contributed by atoms with Crippen LogP contribution < -0.4 is 19.7 Å². The molecule has 1 aromatic heterocycles. The van der Waals surface area contributed by atoms with Crippen LogP contribution in [0.25, 0.3) is 0 Å². The van der Waals surface area contributed by atoms with Crippen molar-refractivity contribution in [3.63, 3.8) is 0 Å². The Labute approximate surface area is 205 Å². The fourth-order valence-electron chi connectivity index (χ4n) is 4.53. The molecule has 3 aromatic rings. The van der Waals surface area contributed by atoms with E-state index in [4.69, 9.17) is 14.5 Å². The number of carbonyl (C=O) groups excluding carboxylic acids is 1. The molecule has 35 heavy (non-hydrogen) atoms. The van der Waals surface area contributed by atoms with Crippen molar-refractivity contribution in [1.82, 2.24) is 20.2 Å². The Morgan fingerprint density at radius 2 is 1.80 bits per heavy atom. The molecule has 1 N–H and O–H groups in total. The number of fused-ring (bicyclic) bond motifs is 1. The highest BCUT2D eigenvalue weighted by Crippen LogP contribution is 2.36. The summed E-state index contributed by atoms with van der Waals surface area (Å²) in [6, 6.07) is 17.4. The number of carbonyl (C=O) groups is 1. The molecule has 0 bridgehead atoms. The largest absolute Gasteiger partial charge is 0.485 e. The number of aryl methyl sites for hydroxylation is 1. The first-order valence-electron chi connectivity index (χ1n) is 12.2. The third-order valence-corrected chi connectivity index (χ3v) is 6.35. The molecule has 1 saturated heterocycles. The lowest BCUT2D eigenvalue weighted by Gasteiger charge is -2.35. The summed E-state index contributed by atoms with van der Waals surface area (Å²) in [4.78, 5) is 26.0. The lowest BCUT2D eigenvalue weighted by molar-refractivity contribution is -0.131. The van der Waals surface area contributed by atoms with Gasteiger partial charge < -0.3 is 24.6 Å². The number of piperazine rings is 1. The zero-order chi connectivity index (χ0) is 24.0. The van der Waals surface area contributed by atoms with Gasteiger partial charge in [-0.3, -0.25) is 4.79 Å². The van der Waals surface area contributed by atoms with E-state index in [-0.39, 0.29) is 12.0 Å². The van der Waals surface area contributed by atoms with Crippen molar-refractivity contribution in [1.29, 1.82) is 0 Å². The van der Waals surface area contributed by atoms with Gasteiger partial charge in [0.25, 0.3) is 0 Å². The van der Waals surface area contributed by atoms with Crippen LogP contribution >= 0.6 is 0 Å². The van der Waals surface area contributed by atoms with Gasteiger partial charge in [-0.1, -0.05) is 24.3 Å². The van der Waals surface area contributed by atoms with E-state index in [9.17, 15) is 4.79 Å². The summed E-state index contributed by atoms with van der Waals surface area (Å²) >= 11 is 0. The van der Waals surface area contributed by atoms with Crippen LogP contribution in [0.5, 0.6) is 17.2 Å². The van der Waals surface area contributed by atoms with Gasteiger partial charge in [0.05, 0.1) is 5.56 Å². The average molecular weight is 474 g/mol. The molecule has 1 atom stereocenters. The van der Waals surface area contributed by atoms with Crippen molar-refractivity contribution >= 4 is 11.7 Å². The number of nitrogens with zero attached hydrogens (tertiary/aromatic N) is 4. The number of ether oxygens (including phenoxy) is 2. The normalized spacial score (nSPS) is 17.6. The van der Waals surface area contributed by atoms with Crippen LogP contribution in [0.15, 0.2) is 60.8 Å². The molecule has 1 fully saturated rings. The van der Waals surface area contributed by atoms with E-state index in [2.05, 4.69) is 15.2 Å². The van der Waals surface area contributed by atoms with Gasteiger partial charge in [0.2, 0.25) is 5.91 Å². The van der Waals surface area contributed by atoms with Crippen molar-refractivity contribution in [3.8, 4) is 17.2 Å². The van der Waals surface area contributed by atoms with Crippen LogP contribution in [0.2, 0.25) is 0 Å². The van der Waals surface area contributed by atoms with Gasteiger partial charge in [-0.2, -0.15) is 0 Å². The van der Waals surface area contributed by atoms with Gasteiger partial charge in [0.1, 0.15) is 35.0 Å². The minimum Gasteiger partial charge on any atom is -0.485 e. The van der Waals surface area contributed by atoms with Gasteiger partial charge in [-0.05, 0) is 31.2 Å². The van der Waals surface area contributed by atoms with E-state index in [1.807, 2.05) is 72.6 Å². The van der Waals surface area contributed by atoms with Crippen LogP contribution in [0.1, 0.15) is 30.3 Å². The summed E-state index contributed by atoms with van der Waals surface area (Å²) in [5.74, 6) is 4.00. The lowest BCUT2D eigenvalue weighted by atomic mass is 10.0. The first-order valence-corrected chi connectivity index (χ1v) is 12.2. The van der Waals surface area contributed by atoms with Crippen LogP contribution in [0, 0.1) is 6.92 Å².